The van der Waals surface area contributed by atoms with E-state index in [1.807, 2.05) is 6.92 Å². The third-order valence-electron chi connectivity index (χ3n) is 1.85. The second kappa shape index (κ2) is 2.46. The molecule has 10 heavy (non-hydrogen) atoms. The molecular weight excluding hydrogens is 132 g/mol. The molecule has 0 aliphatic carbocycles. The lowest BCUT2D eigenvalue weighted by Gasteiger charge is -2.15. The second-order valence-electron chi connectivity index (χ2n) is 2.78. The molecule has 1 fully saturated rings. The lowest BCUT2D eigenvalue weighted by atomic mass is 10.2. The number of nitrogens with zero attached hydrogens (tertiary/aromatic N) is 1. The summed E-state index contributed by atoms with van der Waals surface area (Å²) in [7, 11) is 0. The van der Waals surface area contributed by atoms with Crippen LogP contribution in [0.3, 0.4) is 0 Å². The van der Waals surface area contributed by atoms with Crippen molar-refractivity contribution in [3.8, 4) is 0 Å². The maximum Gasteiger partial charge on any atom is 0.407 e. The number of likely N-dealkylation sites (tertiary alicyclic amines) is 1. The molecule has 58 valence electrons. The number of rotatable bonds is 0. The summed E-state index contributed by atoms with van der Waals surface area (Å²) in [6, 6.07) is 0.124. The minimum Gasteiger partial charge on any atom is -0.465 e. The standard InChI is InChI=1S/C6H12N2O2/c1-4-2-5(7)3-8(4)6(9)10/h4-5H,2-3,7H2,1H3,(H,9,10)/t4-,5?/m1/s1. The predicted octanol–water partition coefficient (Wildman–Crippen LogP) is 0.0859. The van der Waals surface area contributed by atoms with Crippen LogP contribution in [0.5, 0.6) is 0 Å². The van der Waals surface area contributed by atoms with Crippen LogP contribution in [0.2, 0.25) is 0 Å². The zero-order valence-electron chi connectivity index (χ0n) is 5.95. The Hall–Kier alpha value is -0.770. The van der Waals surface area contributed by atoms with E-state index in [0.29, 0.717) is 6.54 Å². The summed E-state index contributed by atoms with van der Waals surface area (Å²) < 4.78 is 0. The molecule has 1 heterocycles. The van der Waals surface area contributed by atoms with Gasteiger partial charge in [-0.3, -0.25) is 0 Å². The summed E-state index contributed by atoms with van der Waals surface area (Å²) in [4.78, 5) is 11.8. The van der Waals surface area contributed by atoms with Gasteiger partial charge in [0.1, 0.15) is 0 Å². The number of nitrogens with two attached hydrogens (primary N) is 1. The quantitative estimate of drug-likeness (QED) is 0.506. The number of hydrogen-bond acceptors (Lipinski definition) is 2. The van der Waals surface area contributed by atoms with Gasteiger partial charge in [0.15, 0.2) is 0 Å². The Morgan fingerprint density at radius 3 is 2.60 bits per heavy atom. The molecule has 1 aliphatic rings. The summed E-state index contributed by atoms with van der Waals surface area (Å²) in [6.45, 7) is 2.36. The van der Waals surface area contributed by atoms with E-state index >= 15 is 0 Å². The fourth-order valence-corrected chi connectivity index (χ4v) is 1.34. The van der Waals surface area contributed by atoms with Crippen molar-refractivity contribution in [3.05, 3.63) is 0 Å². The van der Waals surface area contributed by atoms with Crippen molar-refractivity contribution < 1.29 is 9.90 Å². The number of carboxylic acid groups (broad SMARTS) is 1. The van der Waals surface area contributed by atoms with Crippen molar-refractivity contribution in [2.24, 2.45) is 5.73 Å². The highest BCUT2D eigenvalue weighted by molar-refractivity contribution is 5.65. The van der Waals surface area contributed by atoms with Crippen LogP contribution in [0, 0.1) is 0 Å². The Balaban J connectivity index is 2.54. The van der Waals surface area contributed by atoms with Gasteiger partial charge in [0.2, 0.25) is 0 Å². The van der Waals surface area contributed by atoms with E-state index in [4.69, 9.17) is 10.8 Å². The van der Waals surface area contributed by atoms with Crippen LogP contribution in [0.25, 0.3) is 0 Å². The molecule has 2 atom stereocenters. The largest absolute Gasteiger partial charge is 0.465 e. The smallest absolute Gasteiger partial charge is 0.407 e. The van der Waals surface area contributed by atoms with Gasteiger partial charge in [-0.15, -0.1) is 0 Å². The van der Waals surface area contributed by atoms with Gasteiger partial charge in [-0.05, 0) is 13.3 Å². The fourth-order valence-electron chi connectivity index (χ4n) is 1.34. The Kier molecular flexibility index (Phi) is 1.80. The minimum atomic E-state index is -0.861. The van der Waals surface area contributed by atoms with Crippen molar-refractivity contribution in [2.45, 2.75) is 25.4 Å². The molecule has 3 N–H and O–H groups in total. The average molecular weight is 144 g/mol. The van der Waals surface area contributed by atoms with Crippen LogP contribution in [0.1, 0.15) is 13.3 Å². The zero-order chi connectivity index (χ0) is 7.72. The lowest BCUT2D eigenvalue weighted by molar-refractivity contribution is 0.143. The third kappa shape index (κ3) is 1.21. The van der Waals surface area contributed by atoms with Gasteiger partial charge in [-0.2, -0.15) is 0 Å². The van der Waals surface area contributed by atoms with Crippen LogP contribution in [0.4, 0.5) is 4.79 Å². The zero-order valence-corrected chi connectivity index (χ0v) is 5.95. The van der Waals surface area contributed by atoms with E-state index in [1.165, 1.54) is 4.90 Å². The van der Waals surface area contributed by atoms with Gasteiger partial charge in [0.05, 0.1) is 0 Å². The summed E-state index contributed by atoms with van der Waals surface area (Å²) in [6.07, 6.45) is -0.0767. The Labute approximate surface area is 59.6 Å². The van der Waals surface area contributed by atoms with Crippen molar-refractivity contribution in [1.82, 2.24) is 4.90 Å². The maximum atomic E-state index is 10.4. The first kappa shape index (κ1) is 7.34. The molecule has 4 nitrogen and oxygen atoms in total. The highest BCUT2D eigenvalue weighted by atomic mass is 16.4. The molecule has 1 rings (SSSR count). The predicted molar refractivity (Wildman–Crippen MR) is 36.8 cm³/mol. The normalized spacial score (nSPS) is 32.8. The second-order valence-corrected chi connectivity index (χ2v) is 2.78. The summed E-state index contributed by atoms with van der Waals surface area (Å²) in [5.74, 6) is 0. The monoisotopic (exact) mass is 144 g/mol. The van der Waals surface area contributed by atoms with E-state index in [0.717, 1.165) is 6.42 Å². The molecule has 0 spiro atoms. The Morgan fingerprint density at radius 1 is 1.80 bits per heavy atom. The molecule has 1 amide bonds. The van der Waals surface area contributed by atoms with Crippen LogP contribution in [0.15, 0.2) is 0 Å². The average Bonchev–Trinajstić information content (AvgIpc) is 2.10. The molecule has 0 aromatic rings. The van der Waals surface area contributed by atoms with Gasteiger partial charge in [-0.1, -0.05) is 0 Å². The fraction of sp³-hybridized carbons (Fsp3) is 0.833. The molecule has 1 aliphatic heterocycles. The van der Waals surface area contributed by atoms with Crippen molar-refractivity contribution in [2.75, 3.05) is 6.54 Å². The van der Waals surface area contributed by atoms with E-state index in [-0.39, 0.29) is 12.1 Å². The topological polar surface area (TPSA) is 66.6 Å². The highest BCUT2D eigenvalue weighted by Crippen LogP contribution is 2.14. The van der Waals surface area contributed by atoms with E-state index < -0.39 is 6.09 Å². The van der Waals surface area contributed by atoms with Gasteiger partial charge in [-0.25, -0.2) is 4.79 Å². The first-order valence-corrected chi connectivity index (χ1v) is 3.36. The van der Waals surface area contributed by atoms with Gasteiger partial charge in [0.25, 0.3) is 0 Å². The van der Waals surface area contributed by atoms with Gasteiger partial charge >= 0.3 is 6.09 Å². The minimum absolute atomic E-state index is 0.0334. The molecule has 1 saturated heterocycles. The number of hydrogen-bond donors (Lipinski definition) is 2. The molecule has 0 aromatic carbocycles. The third-order valence-corrected chi connectivity index (χ3v) is 1.85. The Bertz CT molecular complexity index is 149. The molecule has 0 radical (unpaired) electrons. The first-order chi connectivity index (χ1) is 4.61. The van der Waals surface area contributed by atoms with E-state index in [2.05, 4.69) is 0 Å². The molecular formula is C6H12N2O2. The summed E-state index contributed by atoms with van der Waals surface area (Å²) >= 11 is 0. The molecule has 4 heteroatoms. The van der Waals surface area contributed by atoms with Gasteiger partial charge < -0.3 is 15.7 Å². The van der Waals surface area contributed by atoms with Crippen LogP contribution < -0.4 is 5.73 Å². The summed E-state index contributed by atoms with van der Waals surface area (Å²) in [5, 5.41) is 8.57. The molecule has 1 unspecified atom stereocenters. The number of carbonyl (C=O) groups is 1. The summed E-state index contributed by atoms with van der Waals surface area (Å²) in [5.41, 5.74) is 5.55. The van der Waals surface area contributed by atoms with Gasteiger partial charge in [0, 0.05) is 18.6 Å². The van der Waals surface area contributed by atoms with E-state index in [1.54, 1.807) is 0 Å². The van der Waals surface area contributed by atoms with Crippen molar-refractivity contribution in [3.63, 3.8) is 0 Å². The molecule has 0 aromatic heterocycles. The van der Waals surface area contributed by atoms with Crippen LogP contribution >= 0.6 is 0 Å². The highest BCUT2D eigenvalue weighted by Gasteiger charge is 2.29. The molecule has 0 bridgehead atoms. The van der Waals surface area contributed by atoms with Crippen molar-refractivity contribution >= 4 is 6.09 Å². The van der Waals surface area contributed by atoms with Crippen molar-refractivity contribution in [1.29, 1.82) is 0 Å². The SMILES string of the molecule is C[C@@H]1CC(N)CN1C(=O)O. The Morgan fingerprint density at radius 2 is 2.40 bits per heavy atom. The first-order valence-electron chi connectivity index (χ1n) is 3.36. The van der Waals surface area contributed by atoms with Crippen LogP contribution in [-0.2, 0) is 0 Å². The molecule has 0 saturated carbocycles. The van der Waals surface area contributed by atoms with Crippen LogP contribution in [-0.4, -0.2) is 34.7 Å². The lowest BCUT2D eigenvalue weighted by Crippen LogP contribution is -2.33. The van der Waals surface area contributed by atoms with E-state index in [9.17, 15) is 4.79 Å². The number of amides is 1. The maximum absolute atomic E-state index is 10.4.